The summed E-state index contributed by atoms with van der Waals surface area (Å²) in [5.41, 5.74) is 1.36. The normalized spacial score (nSPS) is 15.2. The molecule has 1 aromatic carbocycles. The molecule has 140 valence electrons. The zero-order valence-electron chi connectivity index (χ0n) is 14.1. The third kappa shape index (κ3) is 4.64. The van der Waals surface area contributed by atoms with Gasteiger partial charge >= 0.3 is 0 Å². The van der Waals surface area contributed by atoms with Gasteiger partial charge in [0, 0.05) is 36.1 Å². The number of rotatable bonds is 5. The van der Waals surface area contributed by atoms with Gasteiger partial charge < -0.3 is 25.2 Å². The first-order chi connectivity index (χ1) is 12.6. The highest BCUT2D eigenvalue weighted by molar-refractivity contribution is 7.16. The molecule has 26 heavy (non-hydrogen) atoms. The SMILES string of the molecule is CN=C(NCc1cc(F)cc2c1OCOC2)NCC(O)c1ccc(Cl)s1. The maximum Gasteiger partial charge on any atom is 0.191 e. The molecule has 1 atom stereocenters. The lowest BCUT2D eigenvalue weighted by Crippen LogP contribution is -2.39. The Morgan fingerprint density at radius 2 is 2.27 bits per heavy atom. The molecule has 2 aromatic rings. The highest BCUT2D eigenvalue weighted by Gasteiger charge is 2.17. The summed E-state index contributed by atoms with van der Waals surface area (Å²) < 4.78 is 25.1. The van der Waals surface area contributed by atoms with E-state index in [1.165, 1.54) is 23.5 Å². The van der Waals surface area contributed by atoms with E-state index in [1.54, 1.807) is 19.2 Å². The second-order valence-electron chi connectivity index (χ2n) is 5.63. The van der Waals surface area contributed by atoms with Gasteiger partial charge in [0.1, 0.15) is 17.7 Å². The fraction of sp³-hybridized carbons (Fsp3) is 0.353. The van der Waals surface area contributed by atoms with E-state index in [-0.39, 0.29) is 19.2 Å². The van der Waals surface area contributed by atoms with Crippen LogP contribution in [-0.2, 0) is 17.9 Å². The molecule has 0 fully saturated rings. The van der Waals surface area contributed by atoms with Crippen molar-refractivity contribution in [3.63, 3.8) is 0 Å². The lowest BCUT2D eigenvalue weighted by molar-refractivity contribution is -0.0173. The number of benzene rings is 1. The fourth-order valence-corrected chi connectivity index (χ4v) is 3.64. The average molecular weight is 400 g/mol. The fourth-order valence-electron chi connectivity index (χ4n) is 2.59. The summed E-state index contributed by atoms with van der Waals surface area (Å²) in [5, 5.41) is 16.3. The van der Waals surface area contributed by atoms with Crippen molar-refractivity contribution in [1.29, 1.82) is 0 Å². The summed E-state index contributed by atoms with van der Waals surface area (Å²) in [6, 6.07) is 6.36. The molecular formula is C17H19ClFN3O3S. The van der Waals surface area contributed by atoms with Gasteiger partial charge in [-0.3, -0.25) is 4.99 Å². The molecule has 0 saturated heterocycles. The van der Waals surface area contributed by atoms with Crippen LogP contribution in [0.1, 0.15) is 22.1 Å². The number of halogens is 2. The number of fused-ring (bicyclic) bond motifs is 1. The standard InChI is InChI=1S/C17H19ClFN3O3S/c1-20-17(22-7-13(23)14-2-3-15(18)26-14)21-6-10-4-12(19)5-11-8-24-9-25-16(10)11/h2-5,13,23H,6-9H2,1H3,(H2,20,21,22). The van der Waals surface area contributed by atoms with Gasteiger partial charge in [-0.2, -0.15) is 0 Å². The number of ether oxygens (including phenoxy) is 2. The van der Waals surface area contributed by atoms with Crippen LogP contribution in [0.5, 0.6) is 5.75 Å². The average Bonchev–Trinajstić information content (AvgIpc) is 3.07. The van der Waals surface area contributed by atoms with Crippen LogP contribution < -0.4 is 15.4 Å². The second kappa shape index (κ2) is 8.68. The highest BCUT2D eigenvalue weighted by atomic mass is 35.5. The maximum absolute atomic E-state index is 13.8. The second-order valence-corrected chi connectivity index (χ2v) is 7.37. The monoisotopic (exact) mass is 399 g/mol. The predicted octanol–water partition coefficient (Wildman–Crippen LogP) is 2.81. The molecule has 0 amide bonds. The molecule has 1 aliphatic rings. The van der Waals surface area contributed by atoms with Gasteiger partial charge in [0.15, 0.2) is 12.8 Å². The van der Waals surface area contributed by atoms with Crippen molar-refractivity contribution in [3.05, 3.63) is 50.4 Å². The van der Waals surface area contributed by atoms with E-state index in [4.69, 9.17) is 21.1 Å². The molecule has 0 spiro atoms. The van der Waals surface area contributed by atoms with Crippen molar-refractivity contribution in [2.24, 2.45) is 4.99 Å². The van der Waals surface area contributed by atoms with Crippen LogP contribution in [0.15, 0.2) is 29.3 Å². The quantitative estimate of drug-likeness (QED) is 0.532. The number of aliphatic imine (C=N–C) groups is 1. The zero-order chi connectivity index (χ0) is 18.5. The number of thiophene rings is 1. The van der Waals surface area contributed by atoms with Crippen molar-refractivity contribution in [2.45, 2.75) is 19.3 Å². The number of aliphatic hydroxyl groups is 1. The first-order valence-corrected chi connectivity index (χ1v) is 9.16. The molecule has 0 aliphatic carbocycles. The van der Waals surface area contributed by atoms with E-state index in [0.29, 0.717) is 40.3 Å². The summed E-state index contributed by atoms with van der Waals surface area (Å²) >= 11 is 7.21. The molecule has 1 aliphatic heterocycles. The lowest BCUT2D eigenvalue weighted by Gasteiger charge is -2.21. The number of aliphatic hydroxyl groups excluding tert-OH is 1. The zero-order valence-corrected chi connectivity index (χ0v) is 15.7. The molecule has 0 bridgehead atoms. The number of hydrogen-bond acceptors (Lipinski definition) is 5. The Labute approximate surface area is 159 Å². The molecule has 6 nitrogen and oxygen atoms in total. The summed E-state index contributed by atoms with van der Waals surface area (Å²) in [5.74, 6) is 0.772. The van der Waals surface area contributed by atoms with E-state index in [0.717, 1.165) is 4.88 Å². The molecule has 0 saturated carbocycles. The van der Waals surface area contributed by atoms with Crippen molar-refractivity contribution in [3.8, 4) is 5.75 Å². The molecule has 9 heteroatoms. The van der Waals surface area contributed by atoms with Crippen molar-refractivity contribution < 1.29 is 19.0 Å². The first-order valence-electron chi connectivity index (χ1n) is 7.96. The van der Waals surface area contributed by atoms with Gasteiger partial charge in [-0.25, -0.2) is 4.39 Å². The van der Waals surface area contributed by atoms with Gasteiger partial charge in [0.05, 0.1) is 10.9 Å². The number of nitrogens with zero attached hydrogens (tertiary/aromatic N) is 1. The first kappa shape index (κ1) is 18.9. The molecule has 1 aromatic heterocycles. The van der Waals surface area contributed by atoms with Crippen LogP contribution in [0.4, 0.5) is 4.39 Å². The van der Waals surface area contributed by atoms with E-state index in [9.17, 15) is 9.50 Å². The Kier molecular flexibility index (Phi) is 6.31. The Morgan fingerprint density at radius 1 is 1.42 bits per heavy atom. The van der Waals surface area contributed by atoms with Gasteiger partial charge in [-0.05, 0) is 24.3 Å². The van der Waals surface area contributed by atoms with Crippen LogP contribution in [0, 0.1) is 5.82 Å². The Hall–Kier alpha value is -1.87. The smallest absolute Gasteiger partial charge is 0.191 e. The van der Waals surface area contributed by atoms with Crippen molar-refractivity contribution in [1.82, 2.24) is 10.6 Å². The number of nitrogens with one attached hydrogen (secondary N) is 2. The topological polar surface area (TPSA) is 75.1 Å². The minimum atomic E-state index is -0.700. The molecule has 0 radical (unpaired) electrons. The summed E-state index contributed by atoms with van der Waals surface area (Å²) in [4.78, 5) is 4.88. The third-order valence-electron chi connectivity index (χ3n) is 3.81. The summed E-state index contributed by atoms with van der Waals surface area (Å²) in [6.45, 7) is 1.06. The predicted molar refractivity (Wildman–Crippen MR) is 99.2 cm³/mol. The van der Waals surface area contributed by atoms with Gasteiger partial charge in [0.2, 0.25) is 0 Å². The Morgan fingerprint density at radius 3 is 3.00 bits per heavy atom. The lowest BCUT2D eigenvalue weighted by atomic mass is 10.1. The largest absolute Gasteiger partial charge is 0.467 e. The minimum absolute atomic E-state index is 0.147. The van der Waals surface area contributed by atoms with E-state index < -0.39 is 6.10 Å². The molecule has 1 unspecified atom stereocenters. The molecular weight excluding hydrogens is 381 g/mol. The van der Waals surface area contributed by atoms with Gasteiger partial charge in [0.25, 0.3) is 0 Å². The van der Waals surface area contributed by atoms with Gasteiger partial charge in [-0.1, -0.05) is 11.6 Å². The van der Waals surface area contributed by atoms with E-state index in [1.807, 2.05) is 0 Å². The van der Waals surface area contributed by atoms with Crippen molar-refractivity contribution in [2.75, 3.05) is 20.4 Å². The maximum atomic E-state index is 13.8. The summed E-state index contributed by atoms with van der Waals surface area (Å²) in [7, 11) is 1.62. The van der Waals surface area contributed by atoms with Gasteiger partial charge in [-0.15, -0.1) is 11.3 Å². The summed E-state index contributed by atoms with van der Waals surface area (Å²) in [6.07, 6.45) is -0.700. The van der Waals surface area contributed by atoms with Crippen LogP contribution in [0.25, 0.3) is 0 Å². The van der Waals surface area contributed by atoms with E-state index >= 15 is 0 Å². The minimum Gasteiger partial charge on any atom is -0.467 e. The Balaban J connectivity index is 1.59. The van der Waals surface area contributed by atoms with E-state index in [2.05, 4.69) is 15.6 Å². The van der Waals surface area contributed by atoms with Crippen molar-refractivity contribution >= 4 is 28.9 Å². The molecule has 3 rings (SSSR count). The third-order valence-corrected chi connectivity index (χ3v) is 5.14. The van der Waals surface area contributed by atoms with Crippen LogP contribution >= 0.6 is 22.9 Å². The Bertz CT molecular complexity index is 800. The number of hydrogen-bond donors (Lipinski definition) is 3. The number of guanidine groups is 1. The highest BCUT2D eigenvalue weighted by Crippen LogP contribution is 2.29. The molecule has 3 N–H and O–H groups in total. The van der Waals surface area contributed by atoms with Crippen LogP contribution in [0.3, 0.4) is 0 Å². The van der Waals surface area contributed by atoms with Crippen LogP contribution in [0.2, 0.25) is 4.34 Å². The van der Waals surface area contributed by atoms with Crippen LogP contribution in [-0.4, -0.2) is 31.5 Å². The molecule has 2 heterocycles.